The summed E-state index contributed by atoms with van der Waals surface area (Å²) in [5.41, 5.74) is 1.25. The molecule has 106 valence electrons. The first kappa shape index (κ1) is 15.2. The number of aromatic nitrogens is 2. The predicted molar refractivity (Wildman–Crippen MR) is 71.1 cm³/mol. The summed E-state index contributed by atoms with van der Waals surface area (Å²) in [6, 6.07) is 1.37. The predicted octanol–water partition coefficient (Wildman–Crippen LogP) is 1.58. The second-order valence-electron chi connectivity index (χ2n) is 4.54. The Morgan fingerprint density at radius 2 is 2.16 bits per heavy atom. The first-order valence-corrected chi connectivity index (χ1v) is 6.55. The van der Waals surface area contributed by atoms with E-state index in [0.717, 1.165) is 12.1 Å². The van der Waals surface area contributed by atoms with Crippen molar-refractivity contribution >= 4 is 11.9 Å². The molecule has 0 aromatic carbocycles. The molecule has 1 amide bonds. The molecule has 1 rings (SSSR count). The minimum Gasteiger partial charge on any atom is -0.481 e. The lowest BCUT2D eigenvalue weighted by molar-refractivity contribution is -0.137. The number of aryl methyl sites for hydroxylation is 2. The van der Waals surface area contributed by atoms with Crippen LogP contribution in [0, 0.1) is 6.92 Å². The summed E-state index contributed by atoms with van der Waals surface area (Å²) in [5.74, 6) is -1.17. The highest BCUT2D eigenvalue weighted by molar-refractivity contribution is 5.93. The van der Waals surface area contributed by atoms with Crippen molar-refractivity contribution in [1.82, 2.24) is 15.1 Å². The standard InChI is InChI=1S/C13H21N3O3/c1-4-6-10(8-12(17)18)14-13(19)11-7-9(3)15-16(11)5-2/h7,10H,4-6,8H2,1-3H3,(H,14,19)(H,17,18). The van der Waals surface area contributed by atoms with Gasteiger partial charge in [-0.15, -0.1) is 0 Å². The molecular weight excluding hydrogens is 246 g/mol. The van der Waals surface area contributed by atoms with Crippen molar-refractivity contribution in [3.05, 3.63) is 17.5 Å². The molecule has 2 N–H and O–H groups in total. The van der Waals surface area contributed by atoms with Crippen LogP contribution in [0.1, 0.15) is 49.3 Å². The summed E-state index contributed by atoms with van der Waals surface area (Å²) in [6.07, 6.45) is 1.42. The average molecular weight is 267 g/mol. The van der Waals surface area contributed by atoms with Gasteiger partial charge in [-0.25, -0.2) is 0 Å². The van der Waals surface area contributed by atoms with Gasteiger partial charge in [-0.05, 0) is 26.3 Å². The number of nitrogens with zero attached hydrogens (tertiary/aromatic N) is 2. The number of carbonyl (C=O) groups is 2. The molecule has 1 atom stereocenters. The molecule has 6 heteroatoms. The molecule has 0 aliphatic rings. The van der Waals surface area contributed by atoms with Crippen molar-refractivity contribution in [3.63, 3.8) is 0 Å². The number of aliphatic carboxylic acids is 1. The Kier molecular flexibility index (Phi) is 5.54. The highest BCUT2D eigenvalue weighted by atomic mass is 16.4. The van der Waals surface area contributed by atoms with E-state index in [1.807, 2.05) is 20.8 Å². The van der Waals surface area contributed by atoms with Gasteiger partial charge in [-0.3, -0.25) is 14.3 Å². The summed E-state index contributed by atoms with van der Waals surface area (Å²) in [6.45, 7) is 6.29. The van der Waals surface area contributed by atoms with Crippen molar-refractivity contribution in [2.45, 2.75) is 52.6 Å². The van der Waals surface area contributed by atoms with Crippen molar-refractivity contribution < 1.29 is 14.7 Å². The number of carboxylic acids is 1. The Bertz CT molecular complexity index is 454. The van der Waals surface area contributed by atoms with Crippen molar-refractivity contribution in [1.29, 1.82) is 0 Å². The molecule has 1 aromatic heterocycles. The molecule has 0 bridgehead atoms. The van der Waals surface area contributed by atoms with E-state index in [9.17, 15) is 9.59 Å². The minimum atomic E-state index is -0.904. The quantitative estimate of drug-likeness (QED) is 0.785. The SMILES string of the molecule is CCCC(CC(=O)O)NC(=O)c1cc(C)nn1CC. The summed E-state index contributed by atoms with van der Waals surface area (Å²) in [4.78, 5) is 22.9. The Hall–Kier alpha value is -1.85. The topological polar surface area (TPSA) is 84.2 Å². The molecule has 0 saturated carbocycles. The van der Waals surface area contributed by atoms with E-state index in [-0.39, 0.29) is 18.4 Å². The monoisotopic (exact) mass is 267 g/mol. The second-order valence-corrected chi connectivity index (χ2v) is 4.54. The molecule has 0 aliphatic heterocycles. The Balaban J connectivity index is 2.77. The lowest BCUT2D eigenvalue weighted by Crippen LogP contribution is -2.37. The van der Waals surface area contributed by atoms with E-state index in [1.165, 1.54) is 0 Å². The zero-order valence-electron chi connectivity index (χ0n) is 11.6. The highest BCUT2D eigenvalue weighted by Gasteiger charge is 2.19. The highest BCUT2D eigenvalue weighted by Crippen LogP contribution is 2.07. The molecule has 1 unspecified atom stereocenters. The van der Waals surface area contributed by atoms with Crippen molar-refractivity contribution in [2.24, 2.45) is 0 Å². The molecule has 0 fully saturated rings. The summed E-state index contributed by atoms with van der Waals surface area (Å²) in [7, 11) is 0. The third kappa shape index (κ3) is 4.39. The van der Waals surface area contributed by atoms with Crippen LogP contribution in [0.4, 0.5) is 0 Å². The van der Waals surface area contributed by atoms with Crippen LogP contribution in [-0.2, 0) is 11.3 Å². The molecule has 1 heterocycles. The number of carboxylic acid groups (broad SMARTS) is 1. The Morgan fingerprint density at radius 1 is 1.47 bits per heavy atom. The van der Waals surface area contributed by atoms with E-state index < -0.39 is 5.97 Å². The number of amides is 1. The Labute approximate surface area is 112 Å². The minimum absolute atomic E-state index is 0.0567. The summed E-state index contributed by atoms with van der Waals surface area (Å²) < 4.78 is 1.62. The zero-order valence-corrected chi connectivity index (χ0v) is 11.6. The molecule has 6 nitrogen and oxygen atoms in total. The van der Waals surface area contributed by atoms with E-state index >= 15 is 0 Å². The maximum atomic E-state index is 12.1. The third-order valence-electron chi connectivity index (χ3n) is 2.83. The van der Waals surface area contributed by atoms with Gasteiger partial charge in [0.1, 0.15) is 5.69 Å². The second kappa shape index (κ2) is 6.92. The zero-order chi connectivity index (χ0) is 14.4. The number of hydrogen-bond acceptors (Lipinski definition) is 3. The van der Waals surface area contributed by atoms with Crippen LogP contribution in [0.25, 0.3) is 0 Å². The number of carbonyl (C=O) groups excluding carboxylic acids is 1. The molecule has 0 radical (unpaired) electrons. The lowest BCUT2D eigenvalue weighted by atomic mass is 10.1. The van der Waals surface area contributed by atoms with Gasteiger partial charge in [0.05, 0.1) is 12.1 Å². The van der Waals surface area contributed by atoms with Crippen molar-refractivity contribution in [2.75, 3.05) is 0 Å². The fourth-order valence-corrected chi connectivity index (χ4v) is 2.01. The van der Waals surface area contributed by atoms with Crippen LogP contribution in [0.5, 0.6) is 0 Å². The van der Waals surface area contributed by atoms with E-state index in [0.29, 0.717) is 18.7 Å². The van der Waals surface area contributed by atoms with Gasteiger partial charge >= 0.3 is 5.97 Å². The molecule has 0 spiro atoms. The van der Waals surface area contributed by atoms with E-state index in [1.54, 1.807) is 10.7 Å². The number of hydrogen-bond donors (Lipinski definition) is 2. The summed E-state index contributed by atoms with van der Waals surface area (Å²) >= 11 is 0. The fourth-order valence-electron chi connectivity index (χ4n) is 2.01. The van der Waals surface area contributed by atoms with Gasteiger partial charge in [0, 0.05) is 12.6 Å². The van der Waals surface area contributed by atoms with Gasteiger partial charge in [0.2, 0.25) is 0 Å². The molecule has 0 aliphatic carbocycles. The van der Waals surface area contributed by atoms with E-state index in [4.69, 9.17) is 5.11 Å². The van der Waals surface area contributed by atoms with Crippen LogP contribution in [0.3, 0.4) is 0 Å². The molecular formula is C13H21N3O3. The fraction of sp³-hybridized carbons (Fsp3) is 0.615. The maximum absolute atomic E-state index is 12.1. The number of nitrogens with one attached hydrogen (secondary N) is 1. The van der Waals surface area contributed by atoms with E-state index in [2.05, 4.69) is 10.4 Å². The van der Waals surface area contributed by atoms with Gasteiger partial charge in [-0.2, -0.15) is 5.10 Å². The molecule has 1 aromatic rings. The van der Waals surface area contributed by atoms with Crippen LogP contribution in [0.15, 0.2) is 6.07 Å². The largest absolute Gasteiger partial charge is 0.481 e. The smallest absolute Gasteiger partial charge is 0.305 e. The van der Waals surface area contributed by atoms with Gasteiger partial charge in [-0.1, -0.05) is 13.3 Å². The molecule has 19 heavy (non-hydrogen) atoms. The van der Waals surface area contributed by atoms with Crippen LogP contribution in [0.2, 0.25) is 0 Å². The van der Waals surface area contributed by atoms with Gasteiger partial charge < -0.3 is 10.4 Å². The van der Waals surface area contributed by atoms with Gasteiger partial charge in [0.15, 0.2) is 0 Å². The first-order valence-electron chi connectivity index (χ1n) is 6.55. The third-order valence-corrected chi connectivity index (χ3v) is 2.83. The first-order chi connectivity index (χ1) is 8.97. The normalized spacial score (nSPS) is 12.2. The van der Waals surface area contributed by atoms with Crippen LogP contribution < -0.4 is 5.32 Å². The number of rotatable bonds is 7. The van der Waals surface area contributed by atoms with Crippen molar-refractivity contribution in [3.8, 4) is 0 Å². The molecule has 0 saturated heterocycles. The Morgan fingerprint density at radius 3 is 2.68 bits per heavy atom. The summed E-state index contributed by atoms with van der Waals surface area (Å²) in [5, 5.41) is 15.8. The average Bonchev–Trinajstić information content (AvgIpc) is 2.70. The van der Waals surface area contributed by atoms with Gasteiger partial charge in [0.25, 0.3) is 5.91 Å². The lowest BCUT2D eigenvalue weighted by Gasteiger charge is -2.16. The maximum Gasteiger partial charge on any atom is 0.305 e. The van der Waals surface area contributed by atoms with Crippen LogP contribution >= 0.6 is 0 Å². The van der Waals surface area contributed by atoms with Crippen LogP contribution in [-0.4, -0.2) is 32.8 Å².